The predicted octanol–water partition coefficient (Wildman–Crippen LogP) is 1.63. The van der Waals surface area contributed by atoms with Gasteiger partial charge in [-0.15, -0.1) is 0 Å². The van der Waals surface area contributed by atoms with Gasteiger partial charge < -0.3 is 15.4 Å². The lowest BCUT2D eigenvalue weighted by molar-refractivity contribution is 0.0730. The highest BCUT2D eigenvalue weighted by atomic mass is 32.2. The third-order valence-corrected chi connectivity index (χ3v) is 6.59. The topological polar surface area (TPSA) is 105 Å². The maximum Gasteiger partial charge on any atom is 0.255 e. The summed E-state index contributed by atoms with van der Waals surface area (Å²) in [5.74, 6) is -0.644. The summed E-state index contributed by atoms with van der Waals surface area (Å²) in [4.78, 5) is 24.4. The molecule has 1 heterocycles. The smallest absolute Gasteiger partial charge is 0.255 e. The first-order valence-corrected chi connectivity index (χ1v) is 10.6. The molecule has 3 rings (SSSR count). The van der Waals surface area contributed by atoms with E-state index in [0.717, 1.165) is 0 Å². The second-order valence-electron chi connectivity index (χ2n) is 6.60. The maximum absolute atomic E-state index is 12.9. The van der Waals surface area contributed by atoms with Crippen LogP contribution >= 0.6 is 0 Å². The first kappa shape index (κ1) is 21.0. The van der Waals surface area contributed by atoms with Crippen LogP contribution in [-0.4, -0.2) is 57.9 Å². The number of hydrogen-bond donors (Lipinski definition) is 2. The highest BCUT2D eigenvalue weighted by Gasteiger charge is 2.27. The highest BCUT2D eigenvalue weighted by molar-refractivity contribution is 7.89. The van der Waals surface area contributed by atoms with Crippen molar-refractivity contribution >= 4 is 27.5 Å². The van der Waals surface area contributed by atoms with E-state index in [1.807, 2.05) is 0 Å². The molecule has 0 spiro atoms. The number of nitrogens with zero attached hydrogens (tertiary/aromatic N) is 1. The van der Waals surface area contributed by atoms with Gasteiger partial charge in [0.1, 0.15) is 0 Å². The quantitative estimate of drug-likeness (QED) is 0.769. The molecule has 0 aliphatic carbocycles. The number of amides is 2. The number of benzene rings is 2. The Balaban J connectivity index is 1.82. The SMILES string of the molecule is CNC(=O)c1ccc(NC(=O)c2cc(S(=O)(=O)N3CCOCC3)ccc2C)cc1. The lowest BCUT2D eigenvalue weighted by atomic mass is 10.1. The molecule has 8 nitrogen and oxygen atoms in total. The van der Waals surface area contributed by atoms with Crippen LogP contribution in [0.2, 0.25) is 0 Å². The van der Waals surface area contributed by atoms with E-state index in [2.05, 4.69) is 10.6 Å². The van der Waals surface area contributed by atoms with E-state index in [-0.39, 0.29) is 29.5 Å². The number of nitrogens with one attached hydrogen (secondary N) is 2. The molecule has 2 aromatic carbocycles. The molecule has 0 unspecified atom stereocenters. The molecule has 1 fully saturated rings. The summed E-state index contributed by atoms with van der Waals surface area (Å²) in [6.07, 6.45) is 0. The normalized spacial score (nSPS) is 15.0. The Morgan fingerprint density at radius 2 is 1.66 bits per heavy atom. The van der Waals surface area contributed by atoms with Gasteiger partial charge in [-0.2, -0.15) is 4.31 Å². The molecule has 1 aliphatic rings. The van der Waals surface area contributed by atoms with Gasteiger partial charge in [-0.05, 0) is 48.9 Å². The highest BCUT2D eigenvalue weighted by Crippen LogP contribution is 2.21. The molecular formula is C20H23N3O5S. The van der Waals surface area contributed by atoms with Gasteiger partial charge in [-0.1, -0.05) is 6.07 Å². The lowest BCUT2D eigenvalue weighted by Gasteiger charge is -2.26. The fourth-order valence-electron chi connectivity index (χ4n) is 2.99. The van der Waals surface area contributed by atoms with Crippen molar-refractivity contribution in [3.05, 3.63) is 59.2 Å². The van der Waals surface area contributed by atoms with Crippen LogP contribution in [0.15, 0.2) is 47.4 Å². The largest absolute Gasteiger partial charge is 0.379 e. The second-order valence-corrected chi connectivity index (χ2v) is 8.54. The summed E-state index contributed by atoms with van der Waals surface area (Å²) in [7, 11) is -2.16. The zero-order chi connectivity index (χ0) is 21.0. The minimum atomic E-state index is -3.70. The first-order valence-electron chi connectivity index (χ1n) is 9.15. The molecule has 1 saturated heterocycles. The van der Waals surface area contributed by atoms with Crippen molar-refractivity contribution in [1.82, 2.24) is 9.62 Å². The molecule has 1 aliphatic heterocycles. The van der Waals surface area contributed by atoms with Crippen molar-refractivity contribution in [2.75, 3.05) is 38.7 Å². The van der Waals surface area contributed by atoms with E-state index in [1.54, 1.807) is 44.3 Å². The number of ether oxygens (including phenoxy) is 1. The van der Waals surface area contributed by atoms with Gasteiger partial charge >= 0.3 is 0 Å². The van der Waals surface area contributed by atoms with Crippen LogP contribution in [0.25, 0.3) is 0 Å². The minimum absolute atomic E-state index is 0.0742. The predicted molar refractivity (Wildman–Crippen MR) is 109 cm³/mol. The van der Waals surface area contributed by atoms with Crippen LogP contribution in [0, 0.1) is 6.92 Å². The van der Waals surface area contributed by atoms with Crippen LogP contribution in [0.4, 0.5) is 5.69 Å². The number of anilines is 1. The number of morpholine rings is 1. The Morgan fingerprint density at radius 3 is 2.28 bits per heavy atom. The van der Waals surface area contributed by atoms with Crippen molar-refractivity contribution in [1.29, 1.82) is 0 Å². The van der Waals surface area contributed by atoms with E-state index in [9.17, 15) is 18.0 Å². The van der Waals surface area contributed by atoms with Gasteiger partial charge in [-0.25, -0.2) is 8.42 Å². The summed E-state index contributed by atoms with van der Waals surface area (Å²) in [5, 5.41) is 5.27. The minimum Gasteiger partial charge on any atom is -0.379 e. The van der Waals surface area contributed by atoms with Crippen molar-refractivity contribution < 1.29 is 22.7 Å². The van der Waals surface area contributed by atoms with Crippen LogP contribution in [0.3, 0.4) is 0 Å². The Bertz CT molecular complexity index is 1010. The number of carbonyl (C=O) groups is 2. The Hall–Kier alpha value is -2.75. The number of sulfonamides is 1. The molecule has 2 N–H and O–H groups in total. The average molecular weight is 417 g/mol. The molecule has 9 heteroatoms. The average Bonchev–Trinajstić information content (AvgIpc) is 2.74. The monoisotopic (exact) mass is 417 g/mol. The molecule has 0 bridgehead atoms. The zero-order valence-electron chi connectivity index (χ0n) is 16.3. The van der Waals surface area contributed by atoms with Crippen LogP contribution in [-0.2, 0) is 14.8 Å². The van der Waals surface area contributed by atoms with E-state index in [1.165, 1.54) is 16.4 Å². The fraction of sp³-hybridized carbons (Fsp3) is 0.300. The van der Waals surface area contributed by atoms with Gasteiger partial charge in [0, 0.05) is 37.0 Å². The lowest BCUT2D eigenvalue weighted by Crippen LogP contribution is -2.40. The molecule has 2 aromatic rings. The summed E-state index contributed by atoms with van der Waals surface area (Å²) in [6.45, 7) is 3.02. The molecule has 0 aromatic heterocycles. The number of rotatable bonds is 5. The summed E-state index contributed by atoms with van der Waals surface area (Å²) < 4.78 is 32.3. The van der Waals surface area contributed by atoms with Crippen LogP contribution < -0.4 is 10.6 Å². The Morgan fingerprint density at radius 1 is 1.00 bits per heavy atom. The molecule has 0 atom stereocenters. The molecule has 2 amide bonds. The van der Waals surface area contributed by atoms with Crippen LogP contribution in [0.1, 0.15) is 26.3 Å². The van der Waals surface area contributed by atoms with Gasteiger partial charge in [0.15, 0.2) is 0 Å². The van der Waals surface area contributed by atoms with Crippen molar-refractivity contribution in [2.45, 2.75) is 11.8 Å². The van der Waals surface area contributed by atoms with Gasteiger partial charge in [0.2, 0.25) is 10.0 Å². The maximum atomic E-state index is 12.9. The number of carbonyl (C=O) groups excluding carboxylic acids is 2. The van der Waals surface area contributed by atoms with E-state index < -0.39 is 15.9 Å². The molecule has 29 heavy (non-hydrogen) atoms. The zero-order valence-corrected chi connectivity index (χ0v) is 17.1. The Kier molecular flexibility index (Phi) is 6.31. The van der Waals surface area contributed by atoms with Crippen molar-refractivity contribution in [2.24, 2.45) is 0 Å². The van der Waals surface area contributed by atoms with E-state index >= 15 is 0 Å². The van der Waals surface area contributed by atoms with E-state index in [4.69, 9.17) is 4.74 Å². The third-order valence-electron chi connectivity index (χ3n) is 4.69. The standard InChI is InChI=1S/C20H23N3O5S/c1-14-3-8-17(29(26,27)23-9-11-28-12-10-23)13-18(14)20(25)22-16-6-4-15(5-7-16)19(24)21-2/h3-8,13H,9-12H2,1-2H3,(H,21,24)(H,22,25). The Labute approximate surface area is 169 Å². The van der Waals surface area contributed by atoms with Crippen molar-refractivity contribution in [3.63, 3.8) is 0 Å². The molecule has 0 radical (unpaired) electrons. The van der Waals surface area contributed by atoms with Crippen LogP contribution in [0.5, 0.6) is 0 Å². The number of hydrogen-bond acceptors (Lipinski definition) is 5. The molecular weight excluding hydrogens is 394 g/mol. The molecule has 154 valence electrons. The number of aryl methyl sites for hydroxylation is 1. The van der Waals surface area contributed by atoms with Gasteiger partial charge in [-0.3, -0.25) is 9.59 Å². The molecule has 0 saturated carbocycles. The van der Waals surface area contributed by atoms with E-state index in [0.29, 0.717) is 30.0 Å². The second kappa shape index (κ2) is 8.73. The summed E-state index contributed by atoms with van der Waals surface area (Å²) in [6, 6.07) is 11.0. The van der Waals surface area contributed by atoms with Crippen molar-refractivity contribution in [3.8, 4) is 0 Å². The summed E-state index contributed by atoms with van der Waals surface area (Å²) in [5.41, 5.74) is 1.91. The first-order chi connectivity index (χ1) is 13.8. The fourth-order valence-corrected chi connectivity index (χ4v) is 4.42. The summed E-state index contributed by atoms with van der Waals surface area (Å²) >= 11 is 0. The third kappa shape index (κ3) is 4.64. The van der Waals surface area contributed by atoms with Gasteiger partial charge in [0.05, 0.1) is 18.1 Å². The van der Waals surface area contributed by atoms with Gasteiger partial charge in [0.25, 0.3) is 11.8 Å².